The predicted octanol–water partition coefficient (Wildman–Crippen LogP) is 3.98. The highest BCUT2D eigenvalue weighted by Gasteiger charge is 2.33. The van der Waals surface area contributed by atoms with Gasteiger partial charge < -0.3 is 5.32 Å². The number of nitrogens with zero attached hydrogens (tertiary/aromatic N) is 2. The highest BCUT2D eigenvalue weighted by atomic mass is 32.2. The van der Waals surface area contributed by atoms with Gasteiger partial charge in [0.25, 0.3) is 0 Å². The number of hydrogen-bond acceptors (Lipinski definition) is 5. The molecule has 1 saturated heterocycles. The third kappa shape index (κ3) is 4.06. The summed E-state index contributed by atoms with van der Waals surface area (Å²) >= 11 is 1.69. The van der Waals surface area contributed by atoms with E-state index in [4.69, 9.17) is 0 Å². The molecule has 3 aromatic rings. The maximum absolute atomic E-state index is 13.3. The van der Waals surface area contributed by atoms with Crippen LogP contribution in [0, 0.1) is 0 Å². The normalized spacial score (nSPS) is 19.4. The van der Waals surface area contributed by atoms with Gasteiger partial charge >= 0.3 is 6.03 Å². The summed E-state index contributed by atoms with van der Waals surface area (Å²) in [6.45, 7) is 5.79. The summed E-state index contributed by atoms with van der Waals surface area (Å²) in [5.74, 6) is 0.675. The second-order valence-electron chi connectivity index (χ2n) is 8.19. The van der Waals surface area contributed by atoms with Crippen molar-refractivity contribution in [3.63, 3.8) is 0 Å². The molecule has 0 aliphatic carbocycles. The Kier molecular flexibility index (Phi) is 5.19. The van der Waals surface area contributed by atoms with Crippen molar-refractivity contribution in [2.75, 3.05) is 5.75 Å². The molecule has 0 saturated carbocycles. The van der Waals surface area contributed by atoms with Crippen LogP contribution in [0.2, 0.25) is 0 Å². The Morgan fingerprint density at radius 3 is 2.72 bits per heavy atom. The first-order valence-corrected chi connectivity index (χ1v) is 10.6. The van der Waals surface area contributed by atoms with Crippen molar-refractivity contribution < 1.29 is 9.59 Å². The lowest BCUT2D eigenvalue weighted by atomic mass is 10.0. The number of amides is 1. The largest absolute Gasteiger partial charge is 0.333 e. The first-order chi connectivity index (χ1) is 13.8. The summed E-state index contributed by atoms with van der Waals surface area (Å²) in [7, 11) is 0. The Balaban J connectivity index is 1.62. The molecule has 0 bridgehead atoms. The van der Waals surface area contributed by atoms with Crippen LogP contribution >= 0.6 is 11.8 Å². The quantitative estimate of drug-likeness (QED) is 0.641. The number of carbonyl (C=O) groups is 2. The van der Waals surface area contributed by atoms with E-state index < -0.39 is 0 Å². The van der Waals surface area contributed by atoms with Gasteiger partial charge in [0.2, 0.25) is 0 Å². The van der Waals surface area contributed by atoms with Crippen molar-refractivity contribution >= 4 is 34.5 Å². The van der Waals surface area contributed by atoms with Crippen molar-refractivity contribution in [3.8, 4) is 0 Å². The maximum Gasteiger partial charge on any atom is 0.326 e. The van der Waals surface area contributed by atoms with Crippen molar-refractivity contribution in [3.05, 3.63) is 66.1 Å². The van der Waals surface area contributed by atoms with Gasteiger partial charge in [0.1, 0.15) is 0 Å². The van der Waals surface area contributed by atoms with E-state index in [-0.39, 0.29) is 28.8 Å². The van der Waals surface area contributed by atoms with E-state index in [0.29, 0.717) is 11.3 Å². The van der Waals surface area contributed by atoms with Gasteiger partial charge in [-0.25, -0.2) is 4.79 Å². The molecule has 1 aromatic carbocycles. The van der Waals surface area contributed by atoms with E-state index in [1.807, 2.05) is 63.4 Å². The number of Topliss-reactive ketones (excluding diaryl/α,β-unsaturated/α-hetero) is 1. The molecule has 150 valence electrons. The molecule has 4 rings (SSSR count). The van der Waals surface area contributed by atoms with E-state index in [1.165, 1.54) is 4.57 Å². The van der Waals surface area contributed by atoms with E-state index >= 15 is 0 Å². The molecule has 2 N–H and O–H groups in total. The number of pyridine rings is 1. The fourth-order valence-electron chi connectivity index (χ4n) is 3.46. The molecule has 2 atom stereocenters. The number of para-hydroxylation sites is 1. The highest BCUT2D eigenvalue weighted by molar-refractivity contribution is 7.99. The topological polar surface area (TPSA) is 76.0 Å². The molecule has 7 heteroatoms. The number of fused-ring (bicyclic) bond motifs is 1. The van der Waals surface area contributed by atoms with E-state index in [1.54, 1.807) is 24.2 Å². The Morgan fingerprint density at radius 2 is 2.00 bits per heavy atom. The van der Waals surface area contributed by atoms with Gasteiger partial charge in [-0.2, -0.15) is 0 Å². The number of hydrogen-bond donors (Lipinski definition) is 2. The summed E-state index contributed by atoms with van der Waals surface area (Å²) in [5.41, 5.74) is 1.98. The molecule has 1 aliphatic heterocycles. The number of aromatic nitrogens is 2. The third-order valence-corrected chi connectivity index (χ3v) is 6.03. The van der Waals surface area contributed by atoms with Gasteiger partial charge in [-0.1, -0.05) is 24.3 Å². The van der Waals surface area contributed by atoms with E-state index in [9.17, 15) is 9.59 Å². The second-order valence-corrected chi connectivity index (χ2v) is 9.33. The molecule has 6 nitrogen and oxygen atoms in total. The van der Waals surface area contributed by atoms with Crippen molar-refractivity contribution in [1.29, 1.82) is 0 Å². The molecule has 0 radical (unpaired) electrons. The minimum Gasteiger partial charge on any atom is -0.333 e. The summed E-state index contributed by atoms with van der Waals surface area (Å²) < 4.78 is 1.54. The Hall–Kier alpha value is -2.64. The lowest BCUT2D eigenvalue weighted by Crippen LogP contribution is -2.42. The van der Waals surface area contributed by atoms with Crippen LogP contribution in [0.5, 0.6) is 0 Å². The van der Waals surface area contributed by atoms with Gasteiger partial charge in [-0.3, -0.25) is 19.7 Å². The van der Waals surface area contributed by atoms with Crippen LogP contribution in [0.15, 0.2) is 55.0 Å². The summed E-state index contributed by atoms with van der Waals surface area (Å²) in [4.78, 5) is 30.3. The molecule has 1 aliphatic rings. The first-order valence-electron chi connectivity index (χ1n) is 9.58. The fourth-order valence-corrected chi connectivity index (χ4v) is 4.68. The van der Waals surface area contributed by atoms with Crippen LogP contribution in [0.4, 0.5) is 4.79 Å². The van der Waals surface area contributed by atoms with E-state index in [0.717, 1.165) is 16.5 Å². The monoisotopic (exact) mass is 408 g/mol. The number of ketones is 1. The maximum atomic E-state index is 13.3. The van der Waals surface area contributed by atoms with Crippen molar-refractivity contribution in [1.82, 2.24) is 20.2 Å². The van der Waals surface area contributed by atoms with Crippen LogP contribution in [-0.2, 0) is 0 Å². The lowest BCUT2D eigenvalue weighted by Gasteiger charge is -2.20. The SMILES string of the molecule is CC(C)(C)NC(=O)n1cc(C(=O)[C@@H]2CSC(c3cccnc3)N2)c2ccccc21. The van der Waals surface area contributed by atoms with Gasteiger partial charge in [0, 0.05) is 40.8 Å². The summed E-state index contributed by atoms with van der Waals surface area (Å²) in [6.07, 6.45) is 5.22. The minimum atomic E-state index is -0.368. The van der Waals surface area contributed by atoms with Crippen LogP contribution < -0.4 is 10.6 Å². The van der Waals surface area contributed by atoms with Crippen LogP contribution in [0.1, 0.15) is 42.1 Å². The van der Waals surface area contributed by atoms with Crippen molar-refractivity contribution in [2.45, 2.75) is 37.7 Å². The molecule has 1 amide bonds. The molecule has 1 fully saturated rings. The average Bonchev–Trinajstić information content (AvgIpc) is 3.32. The van der Waals surface area contributed by atoms with Gasteiger partial charge in [-0.05, 0) is 38.5 Å². The molecular formula is C22H24N4O2S. The number of carbonyl (C=O) groups excluding carboxylic acids is 2. The highest BCUT2D eigenvalue weighted by Crippen LogP contribution is 2.34. The number of benzene rings is 1. The van der Waals surface area contributed by atoms with Crippen LogP contribution in [0.25, 0.3) is 10.9 Å². The Morgan fingerprint density at radius 1 is 1.21 bits per heavy atom. The molecule has 29 heavy (non-hydrogen) atoms. The number of rotatable bonds is 3. The minimum absolute atomic E-state index is 0.00222. The van der Waals surface area contributed by atoms with Gasteiger partial charge in [-0.15, -0.1) is 11.8 Å². The van der Waals surface area contributed by atoms with Crippen molar-refractivity contribution in [2.24, 2.45) is 0 Å². The zero-order chi connectivity index (χ0) is 20.6. The Bertz CT molecular complexity index is 1060. The fraction of sp³-hybridized carbons (Fsp3) is 0.318. The lowest BCUT2D eigenvalue weighted by molar-refractivity contribution is 0.0957. The first kappa shape index (κ1) is 19.7. The van der Waals surface area contributed by atoms with Crippen LogP contribution in [-0.4, -0.2) is 38.7 Å². The Labute approximate surface area is 174 Å². The molecule has 0 spiro atoms. The van der Waals surface area contributed by atoms with E-state index in [2.05, 4.69) is 15.6 Å². The molecule has 1 unspecified atom stereocenters. The summed E-state index contributed by atoms with van der Waals surface area (Å²) in [6, 6.07) is 10.9. The van der Waals surface area contributed by atoms with Gasteiger partial charge in [0.05, 0.1) is 16.9 Å². The number of thioether (sulfide) groups is 1. The second kappa shape index (κ2) is 7.65. The smallest absolute Gasteiger partial charge is 0.326 e. The molecule has 2 aromatic heterocycles. The third-order valence-electron chi connectivity index (χ3n) is 4.76. The molecule has 3 heterocycles. The predicted molar refractivity (Wildman–Crippen MR) is 116 cm³/mol. The summed E-state index contributed by atoms with van der Waals surface area (Å²) in [5, 5.41) is 7.20. The standard InChI is InChI=1S/C22H24N4O2S/c1-22(2,3)25-21(28)26-12-16(15-8-4-5-9-18(15)26)19(27)17-13-29-20(24-17)14-7-6-10-23-11-14/h4-12,17,20,24H,13H2,1-3H3,(H,25,28)/t17-,20?/m0/s1. The number of nitrogens with one attached hydrogen (secondary N) is 2. The zero-order valence-corrected chi connectivity index (χ0v) is 17.5. The van der Waals surface area contributed by atoms with Crippen LogP contribution in [0.3, 0.4) is 0 Å². The molecular weight excluding hydrogens is 384 g/mol. The average molecular weight is 409 g/mol. The zero-order valence-electron chi connectivity index (χ0n) is 16.7. The van der Waals surface area contributed by atoms with Gasteiger partial charge in [0.15, 0.2) is 5.78 Å².